The molecule has 0 bridgehead atoms. The molecule has 0 spiro atoms. The lowest BCUT2D eigenvalue weighted by molar-refractivity contribution is 0.201. The summed E-state index contributed by atoms with van der Waals surface area (Å²) in [4.78, 5) is 0. The Morgan fingerprint density at radius 1 is 1.44 bits per heavy atom. The van der Waals surface area contributed by atoms with Crippen LogP contribution in [0, 0.1) is 5.92 Å². The molecule has 1 nitrogen and oxygen atoms in total. The maximum Gasteiger partial charge on any atom is 0.231 e. The van der Waals surface area contributed by atoms with Gasteiger partial charge < -0.3 is 5.11 Å². The largest absolute Gasteiger partial charge is 0.361 e. The summed E-state index contributed by atoms with van der Waals surface area (Å²) in [5.74, 6) is 0.312. The van der Waals surface area contributed by atoms with Crippen molar-refractivity contribution in [2.24, 2.45) is 5.92 Å². The highest BCUT2D eigenvalue weighted by Crippen LogP contribution is 2.43. The van der Waals surface area contributed by atoms with Crippen LogP contribution in [0.5, 0.6) is 0 Å². The van der Waals surface area contributed by atoms with Gasteiger partial charge in [-0.25, -0.2) is 0 Å². The minimum Gasteiger partial charge on any atom is -0.361 e. The van der Waals surface area contributed by atoms with Gasteiger partial charge in [-0.15, -0.1) is 11.6 Å². The third-order valence-corrected chi connectivity index (χ3v) is 2.73. The van der Waals surface area contributed by atoms with Crippen LogP contribution in [-0.4, -0.2) is 15.0 Å². The van der Waals surface area contributed by atoms with Gasteiger partial charge in [-0.3, -0.25) is 0 Å². The van der Waals surface area contributed by atoms with Crippen molar-refractivity contribution in [3.63, 3.8) is 0 Å². The van der Waals surface area contributed by atoms with Crippen molar-refractivity contribution in [3.8, 4) is 0 Å². The van der Waals surface area contributed by atoms with E-state index in [9.17, 15) is 0 Å². The van der Waals surface area contributed by atoms with Crippen LogP contribution in [0.25, 0.3) is 0 Å². The summed E-state index contributed by atoms with van der Waals surface area (Å²) in [6, 6.07) is 0. The molecule has 54 valence electrons. The minimum absolute atomic E-state index is 0.312. The average Bonchev–Trinajstić information content (AvgIpc) is 2.40. The highest BCUT2D eigenvalue weighted by molar-refractivity contribution is 6.51. The molecule has 1 rings (SSSR count). The van der Waals surface area contributed by atoms with Gasteiger partial charge in [0.05, 0.1) is 5.38 Å². The number of rotatable bonds is 2. The lowest BCUT2D eigenvalue weighted by Crippen LogP contribution is -2.27. The van der Waals surface area contributed by atoms with Crippen LogP contribution < -0.4 is 0 Å². The summed E-state index contributed by atoms with van der Waals surface area (Å²) in [5, 5.41) is 8.38. The molecule has 1 aliphatic rings. The number of aliphatic hydroxyl groups is 1. The van der Waals surface area contributed by atoms with Crippen LogP contribution in [0.2, 0.25) is 0 Å². The van der Waals surface area contributed by atoms with Crippen molar-refractivity contribution in [1.82, 2.24) is 0 Å². The number of halogens is 3. The second kappa shape index (κ2) is 2.46. The molecule has 0 aromatic carbocycles. The first kappa shape index (κ1) is 7.93. The zero-order valence-electron chi connectivity index (χ0n) is 4.65. The quantitative estimate of drug-likeness (QED) is 0.660. The molecule has 4 heteroatoms. The Bertz CT molecular complexity index is 105. The van der Waals surface area contributed by atoms with Crippen LogP contribution in [0.1, 0.15) is 12.8 Å². The second-order valence-corrected chi connectivity index (χ2v) is 4.14. The van der Waals surface area contributed by atoms with Gasteiger partial charge in [0.25, 0.3) is 0 Å². The van der Waals surface area contributed by atoms with E-state index in [2.05, 4.69) is 0 Å². The lowest BCUT2D eigenvalue weighted by atomic mass is 10.3. The number of hydrogen-bond donors (Lipinski definition) is 1. The Morgan fingerprint density at radius 3 is 2.00 bits per heavy atom. The van der Waals surface area contributed by atoms with Crippen LogP contribution in [0.4, 0.5) is 0 Å². The van der Waals surface area contributed by atoms with Gasteiger partial charge in [0.15, 0.2) is 0 Å². The Balaban J connectivity index is 2.40. The highest BCUT2D eigenvalue weighted by atomic mass is 35.5. The van der Waals surface area contributed by atoms with Gasteiger partial charge >= 0.3 is 0 Å². The Morgan fingerprint density at radius 2 is 1.89 bits per heavy atom. The molecular formula is C5H7Cl3O. The van der Waals surface area contributed by atoms with E-state index in [1.807, 2.05) is 0 Å². The number of hydrogen-bond acceptors (Lipinski definition) is 1. The summed E-state index contributed by atoms with van der Waals surface area (Å²) in [6.45, 7) is 0. The molecule has 1 fully saturated rings. The molecular weight excluding hydrogens is 182 g/mol. The molecule has 1 aliphatic carbocycles. The Labute approximate surface area is 68.9 Å². The molecule has 0 aromatic rings. The molecule has 1 N–H and O–H groups in total. The first-order chi connectivity index (χ1) is 4.02. The summed E-state index contributed by atoms with van der Waals surface area (Å²) >= 11 is 16.3. The van der Waals surface area contributed by atoms with Crippen molar-refractivity contribution >= 4 is 34.8 Å². The van der Waals surface area contributed by atoms with E-state index in [4.69, 9.17) is 39.9 Å². The standard InChI is InChI=1S/C5H7Cl3O/c6-4(3-1-2-3)5(7,8)9/h3-4,9H,1-2H2. The van der Waals surface area contributed by atoms with Crippen molar-refractivity contribution in [1.29, 1.82) is 0 Å². The van der Waals surface area contributed by atoms with Gasteiger partial charge in [0.1, 0.15) is 0 Å². The van der Waals surface area contributed by atoms with Crippen molar-refractivity contribution < 1.29 is 5.11 Å². The minimum atomic E-state index is -1.75. The van der Waals surface area contributed by atoms with Crippen molar-refractivity contribution in [3.05, 3.63) is 0 Å². The average molecular weight is 189 g/mol. The molecule has 1 saturated carbocycles. The van der Waals surface area contributed by atoms with Crippen molar-refractivity contribution in [2.75, 3.05) is 0 Å². The molecule has 1 unspecified atom stereocenters. The summed E-state index contributed by atoms with van der Waals surface area (Å²) in [5.41, 5.74) is 0. The summed E-state index contributed by atoms with van der Waals surface area (Å²) < 4.78 is -1.75. The molecule has 0 radical (unpaired) electrons. The zero-order chi connectivity index (χ0) is 7.07. The predicted molar refractivity (Wildman–Crippen MR) is 39.0 cm³/mol. The fourth-order valence-corrected chi connectivity index (χ4v) is 1.28. The normalized spacial score (nSPS) is 24.0. The third-order valence-electron chi connectivity index (χ3n) is 1.37. The molecule has 0 aliphatic heterocycles. The van der Waals surface area contributed by atoms with Crippen LogP contribution in [0.15, 0.2) is 0 Å². The van der Waals surface area contributed by atoms with E-state index in [-0.39, 0.29) is 0 Å². The van der Waals surface area contributed by atoms with E-state index in [0.29, 0.717) is 5.92 Å². The number of alkyl halides is 3. The fourth-order valence-electron chi connectivity index (χ4n) is 0.672. The fraction of sp³-hybridized carbons (Fsp3) is 1.00. The molecule has 1 atom stereocenters. The molecule has 0 aromatic heterocycles. The maximum atomic E-state index is 8.90. The van der Waals surface area contributed by atoms with Gasteiger partial charge in [-0.1, -0.05) is 23.2 Å². The predicted octanol–water partition coefficient (Wildman–Crippen LogP) is 2.13. The highest BCUT2D eigenvalue weighted by Gasteiger charge is 2.42. The molecule has 0 heterocycles. The second-order valence-electron chi connectivity index (χ2n) is 2.33. The summed E-state index contributed by atoms with van der Waals surface area (Å²) in [7, 11) is 0. The Kier molecular flexibility index (Phi) is 2.17. The van der Waals surface area contributed by atoms with E-state index >= 15 is 0 Å². The smallest absolute Gasteiger partial charge is 0.231 e. The van der Waals surface area contributed by atoms with E-state index in [0.717, 1.165) is 12.8 Å². The third kappa shape index (κ3) is 2.15. The van der Waals surface area contributed by atoms with Crippen LogP contribution in [-0.2, 0) is 0 Å². The van der Waals surface area contributed by atoms with Crippen molar-refractivity contribution in [2.45, 2.75) is 22.7 Å². The molecule has 9 heavy (non-hydrogen) atoms. The van der Waals surface area contributed by atoms with Gasteiger partial charge in [0.2, 0.25) is 4.52 Å². The SMILES string of the molecule is OC(Cl)(Cl)C(Cl)C1CC1. The van der Waals surface area contributed by atoms with Crippen LogP contribution in [0.3, 0.4) is 0 Å². The van der Waals surface area contributed by atoms with E-state index in [1.165, 1.54) is 0 Å². The maximum absolute atomic E-state index is 8.90. The van der Waals surface area contributed by atoms with Gasteiger partial charge in [0, 0.05) is 0 Å². The van der Waals surface area contributed by atoms with Gasteiger partial charge in [-0.05, 0) is 18.8 Å². The Hall–Kier alpha value is 0.830. The summed E-state index contributed by atoms with van der Waals surface area (Å²) in [6.07, 6.45) is 2.05. The van der Waals surface area contributed by atoms with E-state index < -0.39 is 9.90 Å². The molecule has 0 amide bonds. The lowest BCUT2D eigenvalue weighted by Gasteiger charge is -2.17. The monoisotopic (exact) mass is 188 g/mol. The topological polar surface area (TPSA) is 20.2 Å². The molecule has 0 saturated heterocycles. The van der Waals surface area contributed by atoms with Crippen LogP contribution >= 0.6 is 34.8 Å². The van der Waals surface area contributed by atoms with E-state index in [1.54, 1.807) is 0 Å². The van der Waals surface area contributed by atoms with Gasteiger partial charge in [-0.2, -0.15) is 0 Å². The zero-order valence-corrected chi connectivity index (χ0v) is 6.92. The first-order valence-electron chi connectivity index (χ1n) is 2.76. The first-order valence-corrected chi connectivity index (χ1v) is 3.95.